The molecule has 2 rings (SSSR count). The van der Waals surface area contributed by atoms with Crippen molar-refractivity contribution < 1.29 is 4.79 Å². The Kier molecular flexibility index (Phi) is 2.92. The molecule has 0 unspecified atom stereocenters. The number of H-pyrrole nitrogens is 1. The highest BCUT2D eigenvalue weighted by Gasteiger charge is 2.15. The summed E-state index contributed by atoms with van der Waals surface area (Å²) in [7, 11) is 0. The van der Waals surface area contributed by atoms with Crippen LogP contribution >= 0.6 is 0 Å². The Hall–Kier alpha value is -2.51. The fourth-order valence-electron chi connectivity index (χ4n) is 1.71. The molecular weight excluding hydrogens is 236 g/mol. The number of hydrogen-bond acceptors (Lipinski definition) is 5. The van der Waals surface area contributed by atoms with Crippen LogP contribution in [0.1, 0.15) is 17.0 Å². The van der Waals surface area contributed by atoms with Crippen LogP contribution in [0.2, 0.25) is 0 Å². The molecule has 8 nitrogen and oxygen atoms in total. The van der Waals surface area contributed by atoms with Gasteiger partial charge in [0, 0.05) is 11.3 Å². The predicted molar refractivity (Wildman–Crippen MR) is 62.1 cm³/mol. The Labute approximate surface area is 102 Å². The molecule has 2 aromatic rings. The molecule has 8 heteroatoms. The Morgan fingerprint density at radius 3 is 2.83 bits per heavy atom. The number of aromatic amines is 1. The van der Waals surface area contributed by atoms with Crippen LogP contribution in [0.5, 0.6) is 0 Å². The minimum absolute atomic E-state index is 0.0994. The zero-order chi connectivity index (χ0) is 13.3. The molecule has 0 aromatic carbocycles. The summed E-state index contributed by atoms with van der Waals surface area (Å²) in [5.74, 6) is -0.229. The maximum Gasteiger partial charge on any atom is 0.271 e. The van der Waals surface area contributed by atoms with Crippen molar-refractivity contribution in [3.8, 4) is 5.95 Å². The monoisotopic (exact) mass is 248 g/mol. The summed E-state index contributed by atoms with van der Waals surface area (Å²) in [5, 5.41) is 11.5. The van der Waals surface area contributed by atoms with E-state index in [4.69, 9.17) is 5.73 Å². The van der Waals surface area contributed by atoms with E-state index >= 15 is 0 Å². The summed E-state index contributed by atoms with van der Waals surface area (Å²) in [6.45, 7) is 3.53. The fourth-order valence-corrected chi connectivity index (χ4v) is 1.71. The van der Waals surface area contributed by atoms with Gasteiger partial charge in [-0.1, -0.05) is 0 Å². The van der Waals surface area contributed by atoms with Crippen molar-refractivity contribution >= 4 is 5.91 Å². The Morgan fingerprint density at radius 1 is 1.50 bits per heavy atom. The van der Waals surface area contributed by atoms with E-state index in [-0.39, 0.29) is 17.9 Å². The minimum atomic E-state index is -0.437. The normalized spacial score (nSPS) is 10.6. The van der Waals surface area contributed by atoms with Crippen LogP contribution < -0.4 is 11.3 Å². The van der Waals surface area contributed by atoms with E-state index in [1.807, 2.05) is 0 Å². The highest BCUT2D eigenvalue weighted by atomic mass is 16.1. The van der Waals surface area contributed by atoms with Crippen LogP contribution in [0.15, 0.2) is 11.0 Å². The molecule has 0 bridgehead atoms. The van der Waals surface area contributed by atoms with E-state index in [0.717, 1.165) is 11.8 Å². The summed E-state index contributed by atoms with van der Waals surface area (Å²) in [4.78, 5) is 24.7. The number of nitrogens with one attached hydrogen (secondary N) is 1. The number of amides is 1. The number of aryl methyl sites for hydroxylation is 1. The first kappa shape index (κ1) is 12.0. The lowest BCUT2D eigenvalue weighted by Crippen LogP contribution is -2.16. The highest BCUT2D eigenvalue weighted by molar-refractivity contribution is 5.77. The topological polar surface area (TPSA) is 120 Å². The first-order valence-electron chi connectivity index (χ1n) is 5.25. The number of carbonyl (C=O) groups is 1. The van der Waals surface area contributed by atoms with E-state index in [2.05, 4.69) is 20.3 Å². The van der Waals surface area contributed by atoms with Crippen LogP contribution in [-0.4, -0.2) is 30.9 Å². The largest absolute Gasteiger partial charge is 0.369 e. The van der Waals surface area contributed by atoms with Gasteiger partial charge in [-0.3, -0.25) is 14.6 Å². The van der Waals surface area contributed by atoms with Crippen LogP contribution in [0.3, 0.4) is 0 Å². The maximum atomic E-state index is 11.2. The SMILES string of the molecule is Cc1nn(-c2nncc(=O)[nH]2)c(C)c1CC(N)=O. The molecule has 2 aromatic heterocycles. The molecule has 0 fully saturated rings. The molecule has 2 heterocycles. The van der Waals surface area contributed by atoms with Crippen molar-refractivity contribution in [2.75, 3.05) is 0 Å². The zero-order valence-corrected chi connectivity index (χ0v) is 9.97. The summed E-state index contributed by atoms with van der Waals surface area (Å²) in [5.41, 5.74) is 6.89. The smallest absolute Gasteiger partial charge is 0.271 e. The second kappa shape index (κ2) is 4.40. The van der Waals surface area contributed by atoms with Gasteiger partial charge < -0.3 is 5.73 Å². The van der Waals surface area contributed by atoms with E-state index in [0.29, 0.717) is 11.4 Å². The average Bonchev–Trinajstić information content (AvgIpc) is 2.56. The third-order valence-corrected chi connectivity index (χ3v) is 2.56. The molecule has 0 atom stereocenters. The number of rotatable bonds is 3. The molecule has 0 aliphatic rings. The van der Waals surface area contributed by atoms with Crippen molar-refractivity contribution in [2.45, 2.75) is 20.3 Å². The summed E-state index contributed by atoms with van der Waals surface area (Å²) < 4.78 is 1.43. The second-order valence-corrected chi connectivity index (χ2v) is 3.86. The predicted octanol–water partition coefficient (Wildman–Crippen LogP) is -1.00. The average molecular weight is 248 g/mol. The molecular formula is C10H12N6O2. The molecule has 3 N–H and O–H groups in total. The van der Waals surface area contributed by atoms with Gasteiger partial charge in [-0.25, -0.2) is 4.68 Å². The van der Waals surface area contributed by atoms with Crippen LogP contribution in [0.25, 0.3) is 5.95 Å². The van der Waals surface area contributed by atoms with Crippen LogP contribution in [0.4, 0.5) is 0 Å². The Bertz CT molecular complexity index is 657. The van der Waals surface area contributed by atoms with Crippen molar-refractivity contribution in [1.82, 2.24) is 25.0 Å². The molecule has 0 radical (unpaired) electrons. The van der Waals surface area contributed by atoms with Gasteiger partial charge in [-0.2, -0.15) is 5.10 Å². The summed E-state index contributed by atoms with van der Waals surface area (Å²) >= 11 is 0. The van der Waals surface area contributed by atoms with Gasteiger partial charge in [0.2, 0.25) is 5.91 Å². The van der Waals surface area contributed by atoms with Crippen molar-refractivity contribution in [1.29, 1.82) is 0 Å². The van der Waals surface area contributed by atoms with Gasteiger partial charge in [-0.15, -0.1) is 10.2 Å². The lowest BCUT2D eigenvalue weighted by molar-refractivity contribution is -0.117. The third kappa shape index (κ3) is 2.12. The number of nitrogens with zero attached hydrogens (tertiary/aromatic N) is 4. The first-order chi connectivity index (χ1) is 8.49. The quantitative estimate of drug-likeness (QED) is 0.721. The number of aromatic nitrogens is 5. The molecule has 0 saturated heterocycles. The number of nitrogens with two attached hydrogens (primary N) is 1. The van der Waals surface area contributed by atoms with Crippen molar-refractivity contribution in [3.63, 3.8) is 0 Å². The van der Waals surface area contributed by atoms with Gasteiger partial charge in [0.25, 0.3) is 11.5 Å². The van der Waals surface area contributed by atoms with Gasteiger partial charge in [0.1, 0.15) is 6.20 Å². The maximum absolute atomic E-state index is 11.2. The van der Waals surface area contributed by atoms with Crippen LogP contribution in [0, 0.1) is 13.8 Å². The second-order valence-electron chi connectivity index (χ2n) is 3.86. The Morgan fingerprint density at radius 2 is 2.22 bits per heavy atom. The summed E-state index contributed by atoms with van der Waals surface area (Å²) in [6.07, 6.45) is 1.17. The molecule has 94 valence electrons. The molecule has 0 aliphatic heterocycles. The number of primary amides is 1. The van der Waals surface area contributed by atoms with Gasteiger partial charge >= 0.3 is 0 Å². The van der Waals surface area contributed by atoms with E-state index in [1.54, 1.807) is 13.8 Å². The standard InChI is InChI=1S/C10H12N6O2/c1-5-7(3-8(11)17)6(2)16(15-5)10-13-9(18)4-12-14-10/h4H,3H2,1-2H3,(H2,11,17)(H,13,14,18). The fraction of sp³-hybridized carbons (Fsp3) is 0.300. The third-order valence-electron chi connectivity index (χ3n) is 2.56. The molecule has 1 amide bonds. The van der Waals surface area contributed by atoms with Crippen LogP contribution in [-0.2, 0) is 11.2 Å². The lowest BCUT2D eigenvalue weighted by Gasteiger charge is -2.02. The van der Waals surface area contributed by atoms with Crippen molar-refractivity contribution in [3.05, 3.63) is 33.5 Å². The number of hydrogen-bond donors (Lipinski definition) is 2. The molecule has 0 spiro atoms. The molecule has 0 saturated carbocycles. The first-order valence-corrected chi connectivity index (χ1v) is 5.25. The van der Waals surface area contributed by atoms with Crippen molar-refractivity contribution in [2.24, 2.45) is 5.73 Å². The summed E-state index contributed by atoms with van der Waals surface area (Å²) in [6, 6.07) is 0. The molecule has 0 aliphatic carbocycles. The Balaban J connectivity index is 2.53. The zero-order valence-electron chi connectivity index (χ0n) is 9.97. The molecule has 18 heavy (non-hydrogen) atoms. The van der Waals surface area contributed by atoms with E-state index < -0.39 is 5.91 Å². The van der Waals surface area contributed by atoms with E-state index in [9.17, 15) is 9.59 Å². The van der Waals surface area contributed by atoms with E-state index in [1.165, 1.54) is 4.68 Å². The highest BCUT2D eigenvalue weighted by Crippen LogP contribution is 2.15. The number of carbonyl (C=O) groups excluding carboxylic acids is 1. The minimum Gasteiger partial charge on any atom is -0.369 e. The van der Waals surface area contributed by atoms with Gasteiger partial charge in [0.05, 0.1) is 12.1 Å². The lowest BCUT2D eigenvalue weighted by atomic mass is 10.1. The van der Waals surface area contributed by atoms with Gasteiger partial charge in [-0.05, 0) is 13.8 Å². The van der Waals surface area contributed by atoms with Gasteiger partial charge in [0.15, 0.2) is 0 Å².